The van der Waals surface area contributed by atoms with Crippen molar-refractivity contribution in [3.05, 3.63) is 30.0 Å². The molecule has 0 radical (unpaired) electrons. The molecule has 0 saturated heterocycles. The first-order valence-electron chi connectivity index (χ1n) is 7.18. The van der Waals surface area contributed by atoms with Crippen molar-refractivity contribution >= 4 is 16.9 Å². The van der Waals surface area contributed by atoms with Crippen molar-refractivity contribution < 1.29 is 14.3 Å². The molecule has 1 atom stereocenters. The van der Waals surface area contributed by atoms with Crippen LogP contribution >= 0.6 is 0 Å². The number of hydrogen-bond acceptors (Lipinski definition) is 4. The van der Waals surface area contributed by atoms with Crippen LogP contribution in [-0.2, 0) is 22.5 Å². The average molecular weight is 290 g/mol. The second kappa shape index (κ2) is 6.63. The Morgan fingerprint density at radius 3 is 2.76 bits per heavy atom. The van der Waals surface area contributed by atoms with E-state index in [1.165, 1.54) is 0 Å². The van der Waals surface area contributed by atoms with E-state index in [0.29, 0.717) is 13.0 Å². The van der Waals surface area contributed by atoms with Gasteiger partial charge in [-0.15, -0.1) is 0 Å². The molecule has 0 amide bonds. The lowest BCUT2D eigenvalue weighted by Gasteiger charge is -2.09. The van der Waals surface area contributed by atoms with E-state index in [9.17, 15) is 4.79 Å². The summed E-state index contributed by atoms with van der Waals surface area (Å²) in [6.07, 6.45) is 2.50. The standard InChI is InChI=1S/C16H22N2O3/c1-4-18-10-11(8-14(17)16(19)21-5-2)13-9-12(20-3)6-7-15(13)18/h6-7,9-10,14H,4-5,8,17H2,1-3H3. The molecule has 114 valence electrons. The Kier molecular flexibility index (Phi) is 4.85. The number of methoxy groups -OCH3 is 1. The molecular weight excluding hydrogens is 268 g/mol. The Morgan fingerprint density at radius 1 is 1.38 bits per heavy atom. The number of rotatable bonds is 6. The van der Waals surface area contributed by atoms with Crippen molar-refractivity contribution in [2.24, 2.45) is 5.73 Å². The van der Waals surface area contributed by atoms with Gasteiger partial charge in [-0.05, 0) is 37.6 Å². The van der Waals surface area contributed by atoms with Gasteiger partial charge in [0.25, 0.3) is 0 Å². The fraction of sp³-hybridized carbons (Fsp3) is 0.438. The summed E-state index contributed by atoms with van der Waals surface area (Å²) >= 11 is 0. The van der Waals surface area contributed by atoms with Gasteiger partial charge in [-0.25, -0.2) is 0 Å². The zero-order valence-corrected chi connectivity index (χ0v) is 12.8. The molecule has 0 spiro atoms. The summed E-state index contributed by atoms with van der Waals surface area (Å²) in [5.41, 5.74) is 8.08. The second-order valence-corrected chi connectivity index (χ2v) is 4.89. The molecule has 1 aromatic heterocycles. The minimum atomic E-state index is -0.646. The number of nitrogens with zero attached hydrogens (tertiary/aromatic N) is 1. The molecule has 21 heavy (non-hydrogen) atoms. The lowest BCUT2D eigenvalue weighted by atomic mass is 10.1. The second-order valence-electron chi connectivity index (χ2n) is 4.89. The molecule has 0 aliphatic rings. The Morgan fingerprint density at radius 2 is 2.14 bits per heavy atom. The molecule has 2 N–H and O–H groups in total. The maximum atomic E-state index is 11.7. The number of carbonyl (C=O) groups excluding carboxylic acids is 1. The molecule has 0 bridgehead atoms. The van der Waals surface area contributed by atoms with Crippen molar-refractivity contribution in [1.82, 2.24) is 4.57 Å². The van der Waals surface area contributed by atoms with E-state index in [1.54, 1.807) is 14.0 Å². The molecule has 5 heteroatoms. The summed E-state index contributed by atoms with van der Waals surface area (Å²) in [7, 11) is 1.64. The molecule has 0 fully saturated rings. The first-order valence-corrected chi connectivity index (χ1v) is 7.18. The van der Waals surface area contributed by atoms with Gasteiger partial charge in [-0.1, -0.05) is 0 Å². The number of nitrogens with two attached hydrogens (primary N) is 1. The summed E-state index contributed by atoms with van der Waals surface area (Å²) < 4.78 is 12.4. The van der Waals surface area contributed by atoms with E-state index in [2.05, 4.69) is 11.5 Å². The molecule has 0 aliphatic carbocycles. The minimum absolute atomic E-state index is 0.344. The van der Waals surface area contributed by atoms with Gasteiger partial charge in [0.15, 0.2) is 0 Å². The van der Waals surface area contributed by atoms with Crippen LogP contribution in [-0.4, -0.2) is 30.3 Å². The van der Waals surface area contributed by atoms with Gasteiger partial charge in [0.2, 0.25) is 0 Å². The SMILES string of the molecule is CCOC(=O)C(N)Cc1cn(CC)c2ccc(OC)cc12. The van der Waals surface area contributed by atoms with Crippen LogP contribution in [0.15, 0.2) is 24.4 Å². The van der Waals surface area contributed by atoms with E-state index in [1.807, 2.05) is 24.4 Å². The van der Waals surface area contributed by atoms with E-state index >= 15 is 0 Å². The number of ether oxygens (including phenoxy) is 2. The molecule has 0 aliphatic heterocycles. The highest BCUT2D eigenvalue weighted by Gasteiger charge is 2.18. The van der Waals surface area contributed by atoms with Crippen LogP contribution < -0.4 is 10.5 Å². The number of hydrogen-bond donors (Lipinski definition) is 1. The highest BCUT2D eigenvalue weighted by Crippen LogP contribution is 2.27. The maximum Gasteiger partial charge on any atom is 0.323 e. The Hall–Kier alpha value is -2.01. The number of fused-ring (bicyclic) bond motifs is 1. The first kappa shape index (κ1) is 15.4. The predicted molar refractivity (Wildman–Crippen MR) is 82.5 cm³/mol. The third kappa shape index (κ3) is 3.19. The first-order chi connectivity index (χ1) is 10.1. The van der Waals surface area contributed by atoms with Gasteiger partial charge < -0.3 is 19.8 Å². The largest absolute Gasteiger partial charge is 0.497 e. The molecular formula is C16H22N2O3. The van der Waals surface area contributed by atoms with E-state index in [0.717, 1.165) is 28.8 Å². The van der Waals surface area contributed by atoms with Gasteiger partial charge in [-0.2, -0.15) is 0 Å². The Labute approximate surface area is 124 Å². The Bertz CT molecular complexity index is 634. The van der Waals surface area contributed by atoms with Crippen molar-refractivity contribution in [1.29, 1.82) is 0 Å². The number of esters is 1. The maximum absolute atomic E-state index is 11.7. The smallest absolute Gasteiger partial charge is 0.323 e. The van der Waals surface area contributed by atoms with Crippen LogP contribution in [0.25, 0.3) is 10.9 Å². The zero-order chi connectivity index (χ0) is 15.4. The molecule has 1 aromatic carbocycles. The zero-order valence-electron chi connectivity index (χ0n) is 12.8. The van der Waals surface area contributed by atoms with Crippen LogP contribution in [0.3, 0.4) is 0 Å². The number of benzene rings is 1. The van der Waals surface area contributed by atoms with Crippen LogP contribution in [0.4, 0.5) is 0 Å². The summed E-state index contributed by atoms with van der Waals surface area (Å²) in [6.45, 7) is 5.06. The molecule has 1 unspecified atom stereocenters. The quantitative estimate of drug-likeness (QED) is 0.827. The van der Waals surface area contributed by atoms with Crippen molar-refractivity contribution in [2.75, 3.05) is 13.7 Å². The Balaban J connectivity index is 2.36. The van der Waals surface area contributed by atoms with Crippen molar-refractivity contribution in [3.8, 4) is 5.75 Å². The van der Waals surface area contributed by atoms with Gasteiger partial charge in [0.05, 0.1) is 13.7 Å². The van der Waals surface area contributed by atoms with Crippen LogP contribution in [0.1, 0.15) is 19.4 Å². The van der Waals surface area contributed by atoms with Crippen LogP contribution in [0.2, 0.25) is 0 Å². The molecule has 1 heterocycles. The fourth-order valence-corrected chi connectivity index (χ4v) is 2.47. The normalized spacial score (nSPS) is 12.4. The average Bonchev–Trinajstić information content (AvgIpc) is 2.84. The van der Waals surface area contributed by atoms with Crippen LogP contribution in [0, 0.1) is 0 Å². The van der Waals surface area contributed by atoms with Crippen LogP contribution in [0.5, 0.6) is 5.75 Å². The number of aryl methyl sites for hydroxylation is 1. The number of carbonyl (C=O) groups is 1. The third-order valence-electron chi connectivity index (χ3n) is 3.54. The summed E-state index contributed by atoms with van der Waals surface area (Å²) in [6, 6.07) is 5.29. The minimum Gasteiger partial charge on any atom is -0.497 e. The van der Waals surface area contributed by atoms with E-state index in [-0.39, 0.29) is 5.97 Å². The third-order valence-corrected chi connectivity index (χ3v) is 3.54. The van der Waals surface area contributed by atoms with Gasteiger partial charge in [0, 0.05) is 30.1 Å². The van der Waals surface area contributed by atoms with Gasteiger partial charge in [0.1, 0.15) is 11.8 Å². The van der Waals surface area contributed by atoms with E-state index < -0.39 is 6.04 Å². The summed E-state index contributed by atoms with van der Waals surface area (Å²) in [4.78, 5) is 11.7. The fourth-order valence-electron chi connectivity index (χ4n) is 2.47. The van der Waals surface area contributed by atoms with Crippen molar-refractivity contribution in [3.63, 3.8) is 0 Å². The number of aromatic nitrogens is 1. The summed E-state index contributed by atoms with van der Waals surface area (Å²) in [5.74, 6) is 0.431. The molecule has 5 nitrogen and oxygen atoms in total. The van der Waals surface area contributed by atoms with Gasteiger partial charge in [-0.3, -0.25) is 4.79 Å². The summed E-state index contributed by atoms with van der Waals surface area (Å²) in [5, 5.41) is 1.07. The monoisotopic (exact) mass is 290 g/mol. The molecule has 2 rings (SSSR count). The molecule has 2 aromatic rings. The highest BCUT2D eigenvalue weighted by atomic mass is 16.5. The topological polar surface area (TPSA) is 66.5 Å². The predicted octanol–water partition coefficient (Wildman–Crippen LogP) is 2.10. The molecule has 0 saturated carbocycles. The lowest BCUT2D eigenvalue weighted by Crippen LogP contribution is -2.34. The lowest BCUT2D eigenvalue weighted by molar-refractivity contribution is -0.144. The highest BCUT2D eigenvalue weighted by molar-refractivity contribution is 5.86. The van der Waals surface area contributed by atoms with Crippen molar-refractivity contribution in [2.45, 2.75) is 32.9 Å². The van der Waals surface area contributed by atoms with Gasteiger partial charge >= 0.3 is 5.97 Å². The van der Waals surface area contributed by atoms with E-state index in [4.69, 9.17) is 15.2 Å².